The lowest BCUT2D eigenvalue weighted by Gasteiger charge is -2.51. The van der Waals surface area contributed by atoms with E-state index in [1.165, 1.54) is 11.1 Å². The molecule has 0 bridgehead atoms. The van der Waals surface area contributed by atoms with Crippen molar-refractivity contribution in [3.8, 4) is 0 Å². The van der Waals surface area contributed by atoms with Gasteiger partial charge in [0.2, 0.25) is 5.91 Å². The first-order valence-electron chi connectivity index (χ1n) is 8.64. The molecule has 1 heterocycles. The third kappa shape index (κ3) is 2.96. The van der Waals surface area contributed by atoms with Gasteiger partial charge in [0.1, 0.15) is 0 Å². The molecule has 3 atom stereocenters. The number of benzene rings is 2. The Labute approximate surface area is 144 Å². The molecule has 0 spiro atoms. The maximum Gasteiger partial charge on any atom is 0.217 e. The highest BCUT2D eigenvalue weighted by molar-refractivity contribution is 5.74. The monoisotopic (exact) mass is 322 g/mol. The molecule has 0 aromatic heterocycles. The van der Waals surface area contributed by atoms with Crippen LogP contribution >= 0.6 is 0 Å². The van der Waals surface area contributed by atoms with Gasteiger partial charge in [-0.3, -0.25) is 9.69 Å². The average molecular weight is 322 g/mol. The third-order valence-corrected chi connectivity index (χ3v) is 5.41. The molecule has 0 aliphatic carbocycles. The van der Waals surface area contributed by atoms with E-state index in [1.54, 1.807) is 6.92 Å². The largest absolute Gasteiger partial charge is 0.346 e. The number of nitrogens with zero attached hydrogens (tertiary/aromatic N) is 1. The Hall–Kier alpha value is -2.13. The number of amides is 1. The van der Waals surface area contributed by atoms with E-state index >= 15 is 0 Å². The Morgan fingerprint density at radius 1 is 1.08 bits per heavy atom. The van der Waals surface area contributed by atoms with Crippen molar-refractivity contribution in [3.05, 3.63) is 71.8 Å². The summed E-state index contributed by atoms with van der Waals surface area (Å²) >= 11 is 0. The molecule has 1 N–H and O–H groups in total. The predicted molar refractivity (Wildman–Crippen MR) is 97.5 cm³/mol. The van der Waals surface area contributed by atoms with Crippen molar-refractivity contribution in [2.75, 3.05) is 13.6 Å². The molecule has 24 heavy (non-hydrogen) atoms. The van der Waals surface area contributed by atoms with Crippen molar-refractivity contribution in [1.29, 1.82) is 0 Å². The van der Waals surface area contributed by atoms with Gasteiger partial charge in [-0.25, -0.2) is 0 Å². The summed E-state index contributed by atoms with van der Waals surface area (Å²) in [4.78, 5) is 14.4. The molecular weight excluding hydrogens is 296 g/mol. The smallest absolute Gasteiger partial charge is 0.217 e. The molecule has 2 aromatic carbocycles. The van der Waals surface area contributed by atoms with Gasteiger partial charge in [-0.1, -0.05) is 67.6 Å². The van der Waals surface area contributed by atoms with Crippen LogP contribution in [0.1, 0.15) is 37.4 Å². The first-order chi connectivity index (χ1) is 11.5. The first-order valence-corrected chi connectivity index (χ1v) is 8.64. The molecule has 3 rings (SSSR count). The van der Waals surface area contributed by atoms with E-state index in [0.717, 1.165) is 13.0 Å². The predicted octanol–water partition coefficient (Wildman–Crippen LogP) is 3.73. The summed E-state index contributed by atoms with van der Waals surface area (Å²) in [6, 6.07) is 21.3. The Bertz CT molecular complexity index is 685. The van der Waals surface area contributed by atoms with Crippen LogP contribution in [0.3, 0.4) is 0 Å². The second-order valence-corrected chi connectivity index (χ2v) is 6.89. The van der Waals surface area contributed by atoms with Crippen molar-refractivity contribution in [1.82, 2.24) is 10.2 Å². The van der Waals surface area contributed by atoms with E-state index in [2.05, 4.69) is 78.8 Å². The van der Waals surface area contributed by atoms with E-state index < -0.39 is 0 Å². The van der Waals surface area contributed by atoms with Crippen molar-refractivity contribution in [2.24, 2.45) is 5.92 Å². The number of carbonyl (C=O) groups excluding carboxylic acids is 1. The second-order valence-electron chi connectivity index (χ2n) is 6.89. The molecule has 1 saturated heterocycles. The first kappa shape index (κ1) is 16.7. The zero-order valence-corrected chi connectivity index (χ0v) is 14.7. The summed E-state index contributed by atoms with van der Waals surface area (Å²) in [5.41, 5.74) is 2.17. The van der Waals surface area contributed by atoms with Gasteiger partial charge >= 0.3 is 0 Å². The van der Waals surface area contributed by atoms with Crippen LogP contribution in [0.4, 0.5) is 0 Å². The van der Waals surface area contributed by atoms with Crippen LogP contribution < -0.4 is 5.32 Å². The van der Waals surface area contributed by atoms with Gasteiger partial charge in [0, 0.05) is 25.4 Å². The van der Waals surface area contributed by atoms with E-state index in [-0.39, 0.29) is 23.4 Å². The Kier molecular flexibility index (Phi) is 4.72. The number of carbonyl (C=O) groups is 1. The number of nitrogens with one attached hydrogen (secondary N) is 1. The van der Waals surface area contributed by atoms with Crippen LogP contribution in [0.25, 0.3) is 0 Å². The maximum absolute atomic E-state index is 12.0. The van der Waals surface area contributed by atoms with Crippen LogP contribution in [-0.4, -0.2) is 24.4 Å². The van der Waals surface area contributed by atoms with Crippen LogP contribution in [0.2, 0.25) is 0 Å². The van der Waals surface area contributed by atoms with Gasteiger partial charge < -0.3 is 5.32 Å². The number of hydrogen-bond acceptors (Lipinski definition) is 2. The molecule has 1 fully saturated rings. The van der Waals surface area contributed by atoms with Crippen molar-refractivity contribution in [3.63, 3.8) is 0 Å². The summed E-state index contributed by atoms with van der Waals surface area (Å²) < 4.78 is 0. The van der Waals surface area contributed by atoms with Gasteiger partial charge in [0.25, 0.3) is 0 Å². The minimum Gasteiger partial charge on any atom is -0.346 e. The normalized spacial score (nSPS) is 27.6. The molecule has 1 aliphatic heterocycles. The zero-order valence-electron chi connectivity index (χ0n) is 14.7. The molecule has 2 aromatic rings. The van der Waals surface area contributed by atoms with Gasteiger partial charge in [0.15, 0.2) is 0 Å². The Balaban J connectivity index is 2.07. The zero-order chi connectivity index (χ0) is 17.2. The van der Waals surface area contributed by atoms with Crippen molar-refractivity contribution < 1.29 is 4.79 Å². The fourth-order valence-electron chi connectivity index (χ4n) is 4.27. The SMILES string of the molecule is CC(=O)N[C@@]1(c2ccccc2)CCN(C)[C@H](c2ccccc2)[C@H]1C. The minimum absolute atomic E-state index is 0.0297. The van der Waals surface area contributed by atoms with E-state index in [0.29, 0.717) is 0 Å². The molecule has 0 saturated carbocycles. The van der Waals surface area contributed by atoms with Gasteiger partial charge in [-0.05, 0) is 24.6 Å². The van der Waals surface area contributed by atoms with E-state index in [9.17, 15) is 4.79 Å². The summed E-state index contributed by atoms with van der Waals surface area (Å²) in [5.74, 6) is 0.284. The lowest BCUT2D eigenvalue weighted by molar-refractivity contribution is -0.123. The fraction of sp³-hybridized carbons (Fsp3) is 0.381. The Morgan fingerprint density at radius 3 is 2.25 bits per heavy atom. The molecule has 3 heteroatoms. The minimum atomic E-state index is -0.333. The molecule has 1 aliphatic rings. The standard InChI is InChI=1S/C21H26N2O/c1-16-20(18-10-6-4-7-11-18)23(3)15-14-21(16,22-17(2)24)19-12-8-5-9-13-19/h4-13,16,20H,14-15H2,1-3H3,(H,22,24)/t16-,20+,21+/m1/s1. The molecule has 0 radical (unpaired) electrons. The molecule has 0 unspecified atom stereocenters. The van der Waals surface area contributed by atoms with Crippen molar-refractivity contribution >= 4 is 5.91 Å². The topological polar surface area (TPSA) is 32.3 Å². The van der Waals surface area contributed by atoms with Crippen LogP contribution in [0.15, 0.2) is 60.7 Å². The maximum atomic E-state index is 12.0. The summed E-state index contributed by atoms with van der Waals surface area (Å²) in [7, 11) is 2.18. The molecular formula is C21H26N2O. The third-order valence-electron chi connectivity index (χ3n) is 5.41. The summed E-state index contributed by atoms with van der Waals surface area (Å²) in [6.45, 7) is 4.82. The number of rotatable bonds is 3. The van der Waals surface area contributed by atoms with E-state index in [1.807, 2.05) is 6.07 Å². The Morgan fingerprint density at radius 2 is 1.67 bits per heavy atom. The number of piperidine rings is 1. The second kappa shape index (κ2) is 6.78. The summed E-state index contributed by atoms with van der Waals surface area (Å²) in [5, 5.41) is 3.32. The quantitative estimate of drug-likeness (QED) is 0.934. The van der Waals surface area contributed by atoms with Gasteiger partial charge in [0.05, 0.1) is 5.54 Å². The number of likely N-dealkylation sites (tertiary alicyclic amines) is 1. The van der Waals surface area contributed by atoms with Crippen molar-refractivity contribution in [2.45, 2.75) is 31.8 Å². The molecule has 3 nitrogen and oxygen atoms in total. The van der Waals surface area contributed by atoms with Crippen LogP contribution in [0, 0.1) is 5.92 Å². The lowest BCUT2D eigenvalue weighted by atomic mass is 9.68. The van der Waals surface area contributed by atoms with Gasteiger partial charge in [-0.2, -0.15) is 0 Å². The van der Waals surface area contributed by atoms with E-state index in [4.69, 9.17) is 0 Å². The van der Waals surface area contributed by atoms with Crippen LogP contribution in [0.5, 0.6) is 0 Å². The highest BCUT2D eigenvalue weighted by Crippen LogP contribution is 2.46. The molecule has 126 valence electrons. The van der Waals surface area contributed by atoms with Crippen LogP contribution in [-0.2, 0) is 10.3 Å². The molecule has 1 amide bonds. The highest BCUT2D eigenvalue weighted by atomic mass is 16.1. The van der Waals surface area contributed by atoms with Gasteiger partial charge in [-0.15, -0.1) is 0 Å². The average Bonchev–Trinajstić information content (AvgIpc) is 2.59. The fourth-order valence-corrected chi connectivity index (χ4v) is 4.27. The lowest BCUT2D eigenvalue weighted by Crippen LogP contribution is -2.58. The summed E-state index contributed by atoms with van der Waals surface area (Å²) in [6.07, 6.45) is 0.914. The highest BCUT2D eigenvalue weighted by Gasteiger charge is 2.47. The number of hydrogen-bond donors (Lipinski definition) is 1.